The highest BCUT2D eigenvalue weighted by Crippen LogP contribution is 2.38. The van der Waals surface area contributed by atoms with Gasteiger partial charge in [0.2, 0.25) is 47.3 Å². The molecule has 3 aromatic heterocycles. The number of carbonyl (C=O) groups excluding carboxylic acids is 10. The third-order valence-corrected chi connectivity index (χ3v) is 20.0. The van der Waals surface area contributed by atoms with Crippen molar-refractivity contribution in [1.82, 2.24) is 56.9 Å². The van der Waals surface area contributed by atoms with E-state index in [1.54, 1.807) is 78.9 Å². The van der Waals surface area contributed by atoms with E-state index in [1.165, 1.54) is 39.0 Å². The molecule has 10 atom stereocenters. The Morgan fingerprint density at radius 1 is 0.798 bits per heavy atom. The number of unbranched alkanes of at least 4 members (excludes halogenated alkanes) is 3. The Bertz CT molecular complexity index is 4010. The molecule has 0 aliphatic carbocycles. The molecule has 32 heteroatoms. The number of rotatable bonds is 21. The first-order chi connectivity index (χ1) is 47.2. The Labute approximate surface area is 576 Å². The number of Topliss-reactive ketones (excluding diaryl/α,β-unsaturated/α-hetero) is 1. The van der Waals surface area contributed by atoms with Gasteiger partial charge in [-0.3, -0.25) is 47.9 Å². The third kappa shape index (κ3) is 17.0. The van der Waals surface area contributed by atoms with Crippen molar-refractivity contribution < 1.29 is 86.2 Å². The van der Waals surface area contributed by atoms with Crippen LogP contribution in [0, 0.1) is 5.92 Å². The lowest BCUT2D eigenvalue weighted by atomic mass is 9.90. The summed E-state index contributed by atoms with van der Waals surface area (Å²) in [6.07, 6.45) is 2.71. The normalized spacial score (nSPS) is 23.8. The highest BCUT2D eigenvalue weighted by molar-refractivity contribution is 7.99. The average molecular weight is 1410 g/mol. The number of thioether (sulfide) groups is 1. The van der Waals surface area contributed by atoms with Crippen molar-refractivity contribution in [3.63, 3.8) is 0 Å². The van der Waals surface area contributed by atoms with Crippen LogP contribution in [0.15, 0.2) is 101 Å². The van der Waals surface area contributed by atoms with Crippen LogP contribution >= 0.6 is 23.1 Å². The summed E-state index contributed by atoms with van der Waals surface area (Å²) < 4.78 is 40.7. The number of aromatic amines is 1. The van der Waals surface area contributed by atoms with Crippen LogP contribution in [0.2, 0.25) is 0 Å². The Morgan fingerprint density at radius 3 is 2.23 bits per heavy atom. The Morgan fingerprint density at radius 2 is 1.51 bits per heavy atom. The number of ether oxygens (including phenoxy) is 1. The van der Waals surface area contributed by atoms with Gasteiger partial charge in [-0.15, -0.1) is 23.1 Å². The number of ketones is 1. The fraction of sp³-hybridized carbons (Fsp3) is 0.448. The zero-order valence-corrected chi connectivity index (χ0v) is 56.5. The summed E-state index contributed by atoms with van der Waals surface area (Å²) in [7, 11) is 0. The fourth-order valence-corrected chi connectivity index (χ4v) is 14.5. The molecule has 2 bridgehead atoms. The van der Waals surface area contributed by atoms with Crippen LogP contribution in [0.4, 0.5) is 8.63 Å². The molecule has 27 nitrogen and oxygen atoms in total. The van der Waals surface area contributed by atoms with Crippen molar-refractivity contribution in [3.8, 4) is 17.0 Å². The number of fused-ring (bicyclic) bond motifs is 7. The van der Waals surface area contributed by atoms with Crippen molar-refractivity contribution in [1.29, 1.82) is 0 Å². The number of hydrogen-bond donors (Lipinski definition) is 13. The Kier molecular flexibility index (Phi) is 23.1. The van der Waals surface area contributed by atoms with E-state index in [4.69, 9.17) is 4.74 Å². The highest BCUT2D eigenvalue weighted by Gasteiger charge is 2.53. The van der Waals surface area contributed by atoms with Crippen molar-refractivity contribution in [3.05, 3.63) is 112 Å². The molecule has 0 saturated carbocycles. The molecule has 1 saturated heterocycles. The molecular formula is C67H81BF2N12O15S2. The molecule has 8 heterocycles. The van der Waals surface area contributed by atoms with Gasteiger partial charge in [0.1, 0.15) is 54.6 Å². The summed E-state index contributed by atoms with van der Waals surface area (Å²) in [5.74, 6) is -9.69. The molecular weight excluding hydrogens is 1330 g/mol. The molecule has 2 aromatic carbocycles. The number of carbonyl (C=O) groups is 10. The largest absolute Gasteiger partial charge is 0.737 e. The van der Waals surface area contributed by atoms with E-state index in [1.807, 2.05) is 17.5 Å². The average Bonchev–Trinajstić information content (AvgIpc) is 1.59. The second kappa shape index (κ2) is 31.4. The number of H-pyrrole nitrogens is 1. The summed E-state index contributed by atoms with van der Waals surface area (Å²) in [6, 6.07) is 8.92. The number of halogens is 2. The molecule has 99 heavy (non-hydrogen) atoms. The topological polar surface area (TPSA) is 384 Å². The van der Waals surface area contributed by atoms with Gasteiger partial charge in [-0.25, -0.2) is 0 Å². The number of nitrogens with one attached hydrogen (secondary N) is 9. The van der Waals surface area contributed by atoms with Crippen molar-refractivity contribution in [2.24, 2.45) is 5.92 Å². The van der Waals surface area contributed by atoms with Crippen molar-refractivity contribution >= 4 is 112 Å². The maximum atomic E-state index is 16.4. The number of benzene rings is 2. The van der Waals surface area contributed by atoms with Crippen LogP contribution in [0.1, 0.15) is 95.2 Å². The van der Waals surface area contributed by atoms with Gasteiger partial charge in [0.25, 0.3) is 5.91 Å². The molecule has 0 unspecified atom stereocenters. The van der Waals surface area contributed by atoms with E-state index in [2.05, 4.69) is 47.5 Å². The molecule has 0 radical (unpaired) electrons. The first-order valence-electron chi connectivity index (χ1n) is 32.9. The summed E-state index contributed by atoms with van der Waals surface area (Å²) in [5, 5.41) is 67.1. The molecule has 5 aromatic rings. The molecule has 0 spiro atoms. The second-order valence-corrected chi connectivity index (χ2v) is 27.9. The standard InChI is InChI=1S/C67H81BF2N12O15S2/c1-36(2)55-62(92)79-56(57(87)64(94)72-26-25-71-54(86)16-8-6-5-7-12-41(84)33-97-43-21-17-38(18-22-43)50-23-19-39-28-40-20-24-51(53-15-11-27-98-53)82(40)68(69,70)81(39)50)63(93)76-49-34-99-65-45(44-13-9-10-14-46(44)77-65)30-47(59(89)75-48(60(90)78-55)31-67(4,96)35-83)74-58(88)37(3)73-61(91)52-29-42(85)32-80(52)66(49)95/h9-11,13-15,17-24,27-28,36-37,42,47-49,52,55-57,77,83,85,87,96H,5-8,12,16,25-26,29-35H2,1-4H3,(H,71,86)(H,72,94)(H,73,91)(H,74,88)(H,75,89)(H,76,93)(H,78,90)(H,79,92)/t37-,42-,47-,48-,49-,52-,55-,56+,57+,67+/m0/s1. The van der Waals surface area contributed by atoms with E-state index in [9.17, 15) is 68.4 Å². The molecule has 5 aliphatic heterocycles. The number of allylic oxidation sites excluding steroid dienone is 2. The summed E-state index contributed by atoms with van der Waals surface area (Å²) in [4.78, 5) is 146. The number of aromatic nitrogens is 2. The van der Waals surface area contributed by atoms with Gasteiger partial charge in [0, 0.05) is 98.0 Å². The predicted molar refractivity (Wildman–Crippen MR) is 363 cm³/mol. The minimum Gasteiger partial charge on any atom is -0.486 e. The molecule has 1 fully saturated rings. The molecule has 10 rings (SSSR count). The summed E-state index contributed by atoms with van der Waals surface area (Å²) >= 11 is 2.36. The van der Waals surface area contributed by atoms with E-state index in [-0.39, 0.29) is 62.8 Å². The van der Waals surface area contributed by atoms with Gasteiger partial charge in [-0.2, -0.15) is 0 Å². The minimum atomic E-state index is -4.24. The summed E-state index contributed by atoms with van der Waals surface area (Å²) in [6.45, 7) is -0.664. The van der Waals surface area contributed by atoms with Crippen LogP contribution in [-0.4, -0.2) is 210 Å². The molecule has 528 valence electrons. The zero-order chi connectivity index (χ0) is 71.0. The van der Waals surface area contributed by atoms with Crippen LogP contribution in [0.25, 0.3) is 28.2 Å². The minimum absolute atomic E-state index is 0.0872. The maximum absolute atomic E-state index is 16.4. The van der Waals surface area contributed by atoms with Crippen molar-refractivity contribution in [2.45, 2.75) is 151 Å². The number of hydrogen-bond acceptors (Lipinski definition) is 17. The van der Waals surface area contributed by atoms with Gasteiger partial charge in [-0.1, -0.05) is 51.0 Å². The van der Waals surface area contributed by atoms with Crippen LogP contribution in [-0.2, 0) is 54.4 Å². The molecule has 13 N–H and O–H groups in total. The van der Waals surface area contributed by atoms with Crippen LogP contribution < -0.4 is 47.3 Å². The first-order valence-corrected chi connectivity index (χ1v) is 34.8. The van der Waals surface area contributed by atoms with Gasteiger partial charge in [-0.05, 0) is 97.6 Å². The lowest BCUT2D eigenvalue weighted by Crippen LogP contribution is -2.64. The third-order valence-electron chi connectivity index (χ3n) is 18.0. The molecule has 5 aliphatic rings. The lowest BCUT2D eigenvalue weighted by molar-refractivity contribution is -0.360. The Hall–Kier alpha value is -9.08. The first kappa shape index (κ1) is 72.7. The fourth-order valence-electron chi connectivity index (χ4n) is 12.6. The van der Waals surface area contributed by atoms with Crippen LogP contribution in [0.3, 0.4) is 0 Å². The quantitative estimate of drug-likeness (QED) is 0.0363. The number of aliphatic hydroxyl groups is 4. The number of aliphatic hydroxyl groups excluding tert-OH is 3. The number of para-hydroxylation sites is 1. The molecule has 9 amide bonds. The van der Waals surface area contributed by atoms with Gasteiger partial charge in [0.05, 0.1) is 28.2 Å². The predicted octanol–water partition coefficient (Wildman–Crippen LogP) is 1.27. The van der Waals surface area contributed by atoms with Gasteiger partial charge in [0.15, 0.2) is 23.3 Å². The van der Waals surface area contributed by atoms with Gasteiger partial charge < -0.3 is 95.2 Å². The van der Waals surface area contributed by atoms with Gasteiger partial charge >= 0.3 is 6.97 Å². The number of amides is 9. The Balaban J connectivity index is 0.757. The second-order valence-electron chi connectivity index (χ2n) is 26.0. The van der Waals surface area contributed by atoms with Crippen LogP contribution in [0.5, 0.6) is 5.75 Å². The SMILES string of the molecule is CC(C)[C@@H]1NC(=O)[C@H](C[C@@](C)(O)CO)NC(=O)[C@@H]2Cc3c([nH]c4ccccc34)SC[C@H](NC(=O)[C@@H]([C@@H](O)C(=O)NCCNC(=O)CCCCCCC(=O)COc3ccc(-c4ccc5n4[B-](F)(F)[N+]4=C(c6cccs6)C=CC4=C5)cc3)NC1=O)C(=O)N1C[C@@H](O)C[C@H]1C(=O)N[C@@H](C)C(=O)N2. The highest BCUT2D eigenvalue weighted by atomic mass is 32.2. The van der Waals surface area contributed by atoms with E-state index >= 15 is 8.63 Å². The smallest absolute Gasteiger partial charge is 0.486 e. The number of thiophene rings is 1. The zero-order valence-electron chi connectivity index (χ0n) is 54.9. The van der Waals surface area contributed by atoms with E-state index in [0.717, 1.165) is 30.5 Å². The van der Waals surface area contributed by atoms with E-state index < -0.39 is 140 Å². The van der Waals surface area contributed by atoms with Crippen molar-refractivity contribution in [2.75, 3.05) is 38.6 Å². The summed E-state index contributed by atoms with van der Waals surface area (Å²) in [5.41, 5.74) is 1.06. The van der Waals surface area contributed by atoms with E-state index in [0.29, 0.717) is 81.3 Å². The lowest BCUT2D eigenvalue weighted by Gasteiger charge is -2.32. The number of nitrogens with zero attached hydrogens (tertiary/aromatic N) is 3. The monoisotopic (exact) mass is 1410 g/mol. The maximum Gasteiger partial charge on any atom is 0.737 e.